The highest BCUT2D eigenvalue weighted by Gasteiger charge is 2.20. The molecule has 9 aromatic rings. The molecule has 180 valence electrons. The molecule has 1 heterocycles. The molecule has 0 radical (unpaired) electrons. The molecule has 9 rings (SSSR count). The van der Waals surface area contributed by atoms with Gasteiger partial charge >= 0.3 is 0 Å². The van der Waals surface area contributed by atoms with Gasteiger partial charge in [0.05, 0.1) is 0 Å². The summed E-state index contributed by atoms with van der Waals surface area (Å²) in [5, 5.41) is 12.4. The standard InChI is InChI=1S/C38H22O/c1-2-10-23(11-3-1)35-28-14-6-8-16-30(28)36(31-17-9-7-15-29(31)35)26-20-25-18-19-32-27-13-5-4-12-24(27)21-34-38(32)37(25)33(22-26)39-34/h1-22H. The van der Waals surface area contributed by atoms with Crippen molar-refractivity contribution in [2.24, 2.45) is 0 Å². The first-order chi connectivity index (χ1) is 19.3. The molecule has 1 nitrogen and oxygen atoms in total. The van der Waals surface area contributed by atoms with Gasteiger partial charge in [-0.05, 0) is 83.5 Å². The lowest BCUT2D eigenvalue weighted by Crippen LogP contribution is -1.91. The molecule has 0 aliphatic carbocycles. The largest absolute Gasteiger partial charge is 0.456 e. The van der Waals surface area contributed by atoms with E-state index in [9.17, 15) is 0 Å². The SMILES string of the molecule is c1ccc(-c2c3ccccc3c(-c3cc4ccc5c6ccccc6cc6oc(c3)c4c65)c3ccccc23)cc1. The van der Waals surface area contributed by atoms with Crippen LogP contribution in [0, 0.1) is 0 Å². The smallest absolute Gasteiger partial charge is 0.136 e. The first-order valence-electron chi connectivity index (χ1n) is 13.4. The third-order valence-corrected chi connectivity index (χ3v) is 8.37. The molecule has 39 heavy (non-hydrogen) atoms. The van der Waals surface area contributed by atoms with E-state index in [1.54, 1.807) is 0 Å². The van der Waals surface area contributed by atoms with Crippen molar-refractivity contribution in [3.8, 4) is 22.3 Å². The fourth-order valence-electron chi connectivity index (χ4n) is 6.77. The first kappa shape index (κ1) is 20.9. The molecule has 0 spiro atoms. The summed E-state index contributed by atoms with van der Waals surface area (Å²) < 4.78 is 6.60. The molecule has 0 N–H and O–H groups in total. The second-order valence-corrected chi connectivity index (χ2v) is 10.5. The predicted molar refractivity (Wildman–Crippen MR) is 166 cm³/mol. The molecule has 0 unspecified atom stereocenters. The summed E-state index contributed by atoms with van der Waals surface area (Å²) in [6, 6.07) is 48.3. The molecule has 1 aromatic heterocycles. The maximum absolute atomic E-state index is 6.60. The summed E-state index contributed by atoms with van der Waals surface area (Å²) in [6.07, 6.45) is 0. The maximum Gasteiger partial charge on any atom is 0.136 e. The highest BCUT2D eigenvalue weighted by atomic mass is 16.3. The molecule has 1 heteroatoms. The van der Waals surface area contributed by atoms with E-state index in [-0.39, 0.29) is 0 Å². The van der Waals surface area contributed by atoms with Crippen molar-refractivity contribution in [3.63, 3.8) is 0 Å². The van der Waals surface area contributed by atoms with Gasteiger partial charge < -0.3 is 4.42 Å². The van der Waals surface area contributed by atoms with Crippen molar-refractivity contribution >= 4 is 65.0 Å². The Balaban J connectivity index is 1.42. The zero-order valence-electron chi connectivity index (χ0n) is 21.1. The summed E-state index contributed by atoms with van der Waals surface area (Å²) in [6.45, 7) is 0. The van der Waals surface area contributed by atoms with Gasteiger partial charge in [-0.1, -0.05) is 115 Å². The Bertz CT molecular complexity index is 2320. The highest BCUT2D eigenvalue weighted by molar-refractivity contribution is 6.29. The number of hydrogen-bond acceptors (Lipinski definition) is 1. The molecular formula is C38H22O. The number of hydrogen-bond donors (Lipinski definition) is 0. The predicted octanol–water partition coefficient (Wildman–Crippen LogP) is 11.0. The Hall–Kier alpha value is -5.14. The quantitative estimate of drug-likeness (QED) is 0.172. The summed E-state index contributed by atoms with van der Waals surface area (Å²) in [5.74, 6) is 0. The molecule has 0 aliphatic rings. The fourth-order valence-corrected chi connectivity index (χ4v) is 6.77. The van der Waals surface area contributed by atoms with Crippen molar-refractivity contribution in [2.75, 3.05) is 0 Å². The van der Waals surface area contributed by atoms with Gasteiger partial charge in [-0.3, -0.25) is 0 Å². The van der Waals surface area contributed by atoms with Gasteiger partial charge in [-0.2, -0.15) is 0 Å². The van der Waals surface area contributed by atoms with Crippen molar-refractivity contribution in [1.29, 1.82) is 0 Å². The minimum Gasteiger partial charge on any atom is -0.456 e. The molecule has 8 aromatic carbocycles. The van der Waals surface area contributed by atoms with E-state index in [4.69, 9.17) is 4.42 Å². The van der Waals surface area contributed by atoms with Gasteiger partial charge in [0, 0.05) is 10.8 Å². The number of benzene rings is 8. The van der Waals surface area contributed by atoms with Crippen LogP contribution < -0.4 is 0 Å². The Kier molecular flexibility index (Phi) is 4.11. The van der Waals surface area contributed by atoms with Crippen LogP contribution in [-0.2, 0) is 0 Å². The average molecular weight is 495 g/mol. The summed E-state index contributed by atoms with van der Waals surface area (Å²) >= 11 is 0. The van der Waals surface area contributed by atoms with Gasteiger partial charge in [0.2, 0.25) is 0 Å². The zero-order valence-corrected chi connectivity index (χ0v) is 21.1. The second-order valence-electron chi connectivity index (χ2n) is 10.5. The van der Waals surface area contributed by atoms with Crippen LogP contribution >= 0.6 is 0 Å². The Morgan fingerprint density at radius 1 is 0.333 bits per heavy atom. The second kappa shape index (κ2) is 7.69. The Morgan fingerprint density at radius 3 is 1.59 bits per heavy atom. The van der Waals surface area contributed by atoms with Crippen molar-refractivity contribution in [1.82, 2.24) is 0 Å². The van der Waals surface area contributed by atoms with E-state index in [2.05, 4.69) is 133 Å². The van der Waals surface area contributed by atoms with Crippen LogP contribution in [0.25, 0.3) is 87.3 Å². The molecule has 0 atom stereocenters. The van der Waals surface area contributed by atoms with Crippen LogP contribution in [-0.4, -0.2) is 0 Å². The molecule has 0 amide bonds. The molecular weight excluding hydrogens is 472 g/mol. The topological polar surface area (TPSA) is 13.1 Å². The minimum atomic E-state index is 0.943. The van der Waals surface area contributed by atoms with Crippen LogP contribution in [0.5, 0.6) is 0 Å². The highest BCUT2D eigenvalue weighted by Crippen LogP contribution is 2.47. The van der Waals surface area contributed by atoms with E-state index in [1.807, 2.05) is 0 Å². The summed E-state index contributed by atoms with van der Waals surface area (Å²) in [7, 11) is 0. The normalized spacial score (nSPS) is 12.1. The van der Waals surface area contributed by atoms with E-state index in [0.717, 1.165) is 11.2 Å². The van der Waals surface area contributed by atoms with Crippen LogP contribution in [0.15, 0.2) is 138 Å². The fraction of sp³-hybridized carbons (Fsp3) is 0. The average Bonchev–Trinajstić information content (AvgIpc) is 3.37. The maximum atomic E-state index is 6.60. The summed E-state index contributed by atoms with van der Waals surface area (Å²) in [5.41, 5.74) is 6.86. The first-order valence-corrected chi connectivity index (χ1v) is 13.4. The van der Waals surface area contributed by atoms with Crippen molar-refractivity contribution in [2.45, 2.75) is 0 Å². The van der Waals surface area contributed by atoms with E-state index in [0.29, 0.717) is 0 Å². The van der Waals surface area contributed by atoms with Crippen LogP contribution in [0.1, 0.15) is 0 Å². The molecule has 0 bridgehead atoms. The minimum absolute atomic E-state index is 0.943. The third kappa shape index (κ3) is 2.85. The van der Waals surface area contributed by atoms with Gasteiger partial charge in [-0.25, -0.2) is 0 Å². The van der Waals surface area contributed by atoms with Gasteiger partial charge in [0.1, 0.15) is 11.2 Å². The van der Waals surface area contributed by atoms with Gasteiger partial charge in [-0.15, -0.1) is 0 Å². The molecule has 0 aliphatic heterocycles. The molecule has 0 saturated carbocycles. The van der Waals surface area contributed by atoms with E-state index < -0.39 is 0 Å². The van der Waals surface area contributed by atoms with Crippen molar-refractivity contribution < 1.29 is 4.42 Å². The Labute approximate surface area is 224 Å². The monoisotopic (exact) mass is 494 g/mol. The molecule has 0 fully saturated rings. The van der Waals surface area contributed by atoms with E-state index in [1.165, 1.54) is 76.1 Å². The lowest BCUT2D eigenvalue weighted by atomic mass is 9.85. The Morgan fingerprint density at radius 2 is 0.897 bits per heavy atom. The van der Waals surface area contributed by atoms with Gasteiger partial charge in [0.15, 0.2) is 0 Å². The summed E-state index contributed by atoms with van der Waals surface area (Å²) in [4.78, 5) is 0. The number of rotatable bonds is 2. The van der Waals surface area contributed by atoms with Gasteiger partial charge in [0.25, 0.3) is 0 Å². The lowest BCUT2D eigenvalue weighted by Gasteiger charge is -2.18. The molecule has 0 saturated heterocycles. The van der Waals surface area contributed by atoms with E-state index >= 15 is 0 Å². The number of fused-ring (bicyclic) bond motifs is 4. The van der Waals surface area contributed by atoms with Crippen LogP contribution in [0.4, 0.5) is 0 Å². The number of furan rings is 1. The zero-order chi connectivity index (χ0) is 25.5. The lowest BCUT2D eigenvalue weighted by molar-refractivity contribution is 0.670. The third-order valence-electron chi connectivity index (χ3n) is 8.37. The van der Waals surface area contributed by atoms with Crippen molar-refractivity contribution in [3.05, 3.63) is 133 Å². The van der Waals surface area contributed by atoms with Crippen LogP contribution in [0.2, 0.25) is 0 Å². The van der Waals surface area contributed by atoms with Crippen LogP contribution in [0.3, 0.4) is 0 Å².